The molecule has 0 N–H and O–H groups in total. The molecule has 0 saturated carbocycles. The number of piperidine rings is 1. The molecule has 0 amide bonds. The van der Waals surface area contributed by atoms with Crippen molar-refractivity contribution in [1.82, 2.24) is 14.8 Å². The summed E-state index contributed by atoms with van der Waals surface area (Å²) < 4.78 is 0. The van der Waals surface area contributed by atoms with Gasteiger partial charge in [0.1, 0.15) is 0 Å². The Morgan fingerprint density at radius 2 is 1.74 bits per heavy atom. The van der Waals surface area contributed by atoms with Gasteiger partial charge in [0, 0.05) is 49.6 Å². The number of pyridine rings is 1. The van der Waals surface area contributed by atoms with E-state index in [1.807, 2.05) is 12.4 Å². The van der Waals surface area contributed by atoms with Gasteiger partial charge in [0.2, 0.25) is 0 Å². The highest BCUT2D eigenvalue weighted by atomic mass is 32.2. The van der Waals surface area contributed by atoms with Gasteiger partial charge in [-0.15, -0.1) is 0 Å². The highest BCUT2D eigenvalue weighted by molar-refractivity contribution is 7.99. The molecule has 3 nitrogen and oxygen atoms in total. The van der Waals surface area contributed by atoms with Crippen LogP contribution >= 0.6 is 11.8 Å². The third kappa shape index (κ3) is 3.71. The number of likely N-dealkylation sites (tertiary alicyclic amines) is 1. The van der Waals surface area contributed by atoms with Crippen LogP contribution in [0.5, 0.6) is 0 Å². The third-order valence-electron chi connectivity index (χ3n) is 4.27. The molecular formula is C15H23N3S. The summed E-state index contributed by atoms with van der Waals surface area (Å²) in [5.74, 6) is 2.66. The van der Waals surface area contributed by atoms with Gasteiger partial charge in [-0.1, -0.05) is 0 Å². The average molecular weight is 277 g/mol. The molecule has 0 aliphatic carbocycles. The van der Waals surface area contributed by atoms with Crippen molar-refractivity contribution in [1.29, 1.82) is 0 Å². The van der Waals surface area contributed by atoms with Crippen LogP contribution in [0.2, 0.25) is 0 Å². The van der Waals surface area contributed by atoms with Gasteiger partial charge in [-0.05, 0) is 43.6 Å². The van der Waals surface area contributed by atoms with E-state index < -0.39 is 0 Å². The van der Waals surface area contributed by atoms with Crippen LogP contribution in [0.3, 0.4) is 0 Å². The van der Waals surface area contributed by atoms with Gasteiger partial charge in [0.05, 0.1) is 0 Å². The first-order valence-corrected chi connectivity index (χ1v) is 8.50. The fraction of sp³-hybridized carbons (Fsp3) is 0.667. The minimum atomic E-state index is 0.842. The molecule has 4 heteroatoms. The average Bonchev–Trinajstić information content (AvgIpc) is 2.50. The molecule has 2 aliphatic heterocycles. The van der Waals surface area contributed by atoms with Gasteiger partial charge < -0.3 is 0 Å². The maximum absolute atomic E-state index is 4.08. The molecule has 0 radical (unpaired) electrons. The van der Waals surface area contributed by atoms with Crippen molar-refractivity contribution < 1.29 is 0 Å². The van der Waals surface area contributed by atoms with Crippen molar-refractivity contribution in [2.45, 2.75) is 25.4 Å². The molecule has 3 rings (SSSR count). The van der Waals surface area contributed by atoms with Gasteiger partial charge in [-0.3, -0.25) is 14.8 Å². The van der Waals surface area contributed by atoms with Gasteiger partial charge in [0.15, 0.2) is 0 Å². The summed E-state index contributed by atoms with van der Waals surface area (Å²) >= 11 is 2.11. The number of thioether (sulfide) groups is 1. The Kier molecular flexibility index (Phi) is 4.75. The standard InChI is InChI=1S/C15H23N3S/c1-5-16-6-2-14(1)13-17-7-3-15(4-8-17)18-9-11-19-12-10-18/h1-2,5-6,15H,3-4,7-13H2. The number of hydrogen-bond acceptors (Lipinski definition) is 4. The van der Waals surface area contributed by atoms with Gasteiger partial charge >= 0.3 is 0 Å². The van der Waals surface area contributed by atoms with Crippen molar-refractivity contribution in [3.63, 3.8) is 0 Å². The number of hydrogen-bond donors (Lipinski definition) is 0. The number of rotatable bonds is 3. The zero-order valence-electron chi connectivity index (χ0n) is 11.5. The maximum atomic E-state index is 4.08. The highest BCUT2D eigenvalue weighted by Crippen LogP contribution is 2.21. The molecule has 0 bridgehead atoms. The summed E-state index contributed by atoms with van der Waals surface area (Å²) in [5.41, 5.74) is 1.39. The molecular weight excluding hydrogens is 254 g/mol. The first-order chi connectivity index (χ1) is 9.42. The van der Waals surface area contributed by atoms with Crippen LogP contribution in [0.25, 0.3) is 0 Å². The third-order valence-corrected chi connectivity index (χ3v) is 5.22. The maximum Gasteiger partial charge on any atom is 0.0271 e. The van der Waals surface area contributed by atoms with Crippen LogP contribution in [0, 0.1) is 0 Å². The molecule has 3 heterocycles. The second-order valence-electron chi connectivity index (χ2n) is 5.51. The molecule has 2 fully saturated rings. The zero-order chi connectivity index (χ0) is 12.9. The lowest BCUT2D eigenvalue weighted by atomic mass is 10.0. The Hall–Kier alpha value is -0.580. The number of aromatic nitrogens is 1. The lowest BCUT2D eigenvalue weighted by Gasteiger charge is -2.40. The van der Waals surface area contributed by atoms with Gasteiger partial charge in [-0.25, -0.2) is 0 Å². The first-order valence-electron chi connectivity index (χ1n) is 7.35. The van der Waals surface area contributed by atoms with Crippen molar-refractivity contribution in [2.24, 2.45) is 0 Å². The first kappa shape index (κ1) is 13.4. The van der Waals surface area contributed by atoms with Crippen molar-refractivity contribution in [2.75, 3.05) is 37.7 Å². The molecule has 0 unspecified atom stereocenters. The topological polar surface area (TPSA) is 19.4 Å². The zero-order valence-corrected chi connectivity index (χ0v) is 12.3. The van der Waals surface area contributed by atoms with E-state index in [9.17, 15) is 0 Å². The fourth-order valence-electron chi connectivity index (χ4n) is 3.13. The molecule has 2 aliphatic rings. The van der Waals surface area contributed by atoms with E-state index in [0.29, 0.717) is 0 Å². The Balaban J connectivity index is 1.46. The highest BCUT2D eigenvalue weighted by Gasteiger charge is 2.25. The Bertz CT molecular complexity index is 370. The normalized spacial score (nSPS) is 23.6. The van der Waals surface area contributed by atoms with Gasteiger partial charge in [0.25, 0.3) is 0 Å². The minimum Gasteiger partial charge on any atom is -0.299 e. The van der Waals surface area contributed by atoms with Crippen molar-refractivity contribution >= 4 is 11.8 Å². The largest absolute Gasteiger partial charge is 0.299 e. The summed E-state index contributed by atoms with van der Waals surface area (Å²) in [6, 6.07) is 5.11. The van der Waals surface area contributed by atoms with Crippen LogP contribution in [0.1, 0.15) is 18.4 Å². The van der Waals surface area contributed by atoms with E-state index in [-0.39, 0.29) is 0 Å². The molecule has 1 aromatic heterocycles. The fourth-order valence-corrected chi connectivity index (χ4v) is 4.06. The van der Waals surface area contributed by atoms with E-state index >= 15 is 0 Å². The Labute approximate surface area is 120 Å². The lowest BCUT2D eigenvalue weighted by Crippen LogP contribution is -2.47. The summed E-state index contributed by atoms with van der Waals surface area (Å²) in [4.78, 5) is 9.39. The summed E-state index contributed by atoms with van der Waals surface area (Å²) in [7, 11) is 0. The smallest absolute Gasteiger partial charge is 0.0271 e. The molecule has 104 valence electrons. The van der Waals surface area contributed by atoms with Gasteiger partial charge in [-0.2, -0.15) is 11.8 Å². The summed E-state index contributed by atoms with van der Waals surface area (Å²) in [5, 5.41) is 0. The van der Waals surface area contributed by atoms with Crippen LogP contribution in [0.4, 0.5) is 0 Å². The SMILES string of the molecule is c1cc(CN2CCC(N3CCSCC3)CC2)ccn1. The van der Waals surface area contributed by atoms with Crippen LogP contribution in [0.15, 0.2) is 24.5 Å². The van der Waals surface area contributed by atoms with Crippen LogP contribution < -0.4 is 0 Å². The quantitative estimate of drug-likeness (QED) is 0.842. The predicted molar refractivity (Wildman–Crippen MR) is 81.4 cm³/mol. The molecule has 0 aromatic carbocycles. The Morgan fingerprint density at radius 1 is 1.05 bits per heavy atom. The van der Waals surface area contributed by atoms with Crippen molar-refractivity contribution in [3.8, 4) is 0 Å². The summed E-state index contributed by atoms with van der Waals surface area (Å²) in [6.07, 6.45) is 6.48. The van der Waals surface area contributed by atoms with E-state index in [4.69, 9.17) is 0 Å². The van der Waals surface area contributed by atoms with E-state index in [1.165, 1.54) is 56.1 Å². The molecule has 2 saturated heterocycles. The second kappa shape index (κ2) is 6.73. The molecule has 0 atom stereocenters. The minimum absolute atomic E-state index is 0.842. The van der Waals surface area contributed by atoms with E-state index in [1.54, 1.807) is 0 Å². The Morgan fingerprint density at radius 3 is 2.42 bits per heavy atom. The lowest BCUT2D eigenvalue weighted by molar-refractivity contribution is 0.112. The predicted octanol–water partition coefficient (Wildman–Crippen LogP) is 2.09. The summed E-state index contributed by atoms with van der Waals surface area (Å²) in [6.45, 7) is 6.19. The van der Waals surface area contributed by atoms with Crippen molar-refractivity contribution in [3.05, 3.63) is 30.1 Å². The second-order valence-corrected chi connectivity index (χ2v) is 6.74. The van der Waals surface area contributed by atoms with Crippen LogP contribution in [-0.4, -0.2) is 58.5 Å². The van der Waals surface area contributed by atoms with E-state index in [2.05, 4.69) is 38.7 Å². The monoisotopic (exact) mass is 277 g/mol. The molecule has 19 heavy (non-hydrogen) atoms. The molecule has 1 aromatic rings. The van der Waals surface area contributed by atoms with Crippen LogP contribution in [-0.2, 0) is 6.54 Å². The van der Waals surface area contributed by atoms with E-state index in [0.717, 1.165) is 12.6 Å². The number of nitrogens with zero attached hydrogens (tertiary/aromatic N) is 3. The molecule has 0 spiro atoms.